The van der Waals surface area contributed by atoms with Gasteiger partial charge in [0, 0.05) is 37.9 Å². The molecule has 0 saturated carbocycles. The van der Waals surface area contributed by atoms with Crippen molar-refractivity contribution >= 4 is 39.0 Å². The molecule has 0 aliphatic carbocycles. The SMILES string of the molecule is CN1n2cc(C(=O)O)c(=O)c3cc(F)c(N4CCCC4)c(c32)OC1(C)C.Nc1nccs1. The maximum Gasteiger partial charge on any atom is 0.341 e. The summed E-state index contributed by atoms with van der Waals surface area (Å²) in [4.78, 5) is 29.8. The molecular formula is C21H24FN5O4S. The van der Waals surface area contributed by atoms with Crippen molar-refractivity contribution in [3.63, 3.8) is 0 Å². The fraction of sp³-hybridized carbons (Fsp3) is 0.381. The van der Waals surface area contributed by atoms with Crippen LogP contribution in [0, 0.1) is 5.82 Å². The monoisotopic (exact) mass is 461 g/mol. The number of carboxylic acids is 1. The lowest BCUT2D eigenvalue weighted by Gasteiger charge is -2.44. The third-order valence-corrected chi connectivity index (χ3v) is 6.32. The van der Waals surface area contributed by atoms with Crippen molar-refractivity contribution in [2.45, 2.75) is 32.4 Å². The molecule has 1 fully saturated rings. The number of thiazole rings is 1. The minimum absolute atomic E-state index is 0.00250. The van der Waals surface area contributed by atoms with Crippen molar-refractivity contribution in [2.24, 2.45) is 0 Å². The zero-order valence-corrected chi connectivity index (χ0v) is 18.8. The first-order valence-corrected chi connectivity index (χ1v) is 11.0. The first-order valence-electron chi connectivity index (χ1n) is 10.1. The Hall–Kier alpha value is -3.34. The number of pyridine rings is 1. The Bertz CT molecular complexity index is 1240. The largest absolute Gasteiger partial charge is 0.477 e. The molecule has 1 aromatic carbocycles. The van der Waals surface area contributed by atoms with Crippen molar-refractivity contribution in [2.75, 3.05) is 35.8 Å². The Morgan fingerprint density at radius 2 is 2.03 bits per heavy atom. The smallest absolute Gasteiger partial charge is 0.341 e. The molecule has 0 radical (unpaired) electrons. The molecule has 170 valence electrons. The third kappa shape index (κ3) is 3.62. The fourth-order valence-electron chi connectivity index (χ4n) is 3.93. The van der Waals surface area contributed by atoms with Crippen molar-refractivity contribution in [3.05, 3.63) is 45.4 Å². The van der Waals surface area contributed by atoms with Crippen molar-refractivity contribution in [1.29, 1.82) is 0 Å². The van der Waals surface area contributed by atoms with E-state index >= 15 is 4.39 Å². The van der Waals surface area contributed by atoms with E-state index in [2.05, 4.69) is 4.98 Å². The highest BCUT2D eigenvalue weighted by molar-refractivity contribution is 7.13. The summed E-state index contributed by atoms with van der Waals surface area (Å²) in [7, 11) is 1.73. The molecule has 3 N–H and O–H groups in total. The topological polar surface area (TPSA) is 114 Å². The molecule has 0 unspecified atom stereocenters. The number of nitrogens with zero attached hydrogens (tertiary/aromatic N) is 4. The summed E-state index contributed by atoms with van der Waals surface area (Å²) in [5.74, 6) is -1.62. The van der Waals surface area contributed by atoms with E-state index in [0.717, 1.165) is 18.9 Å². The molecular weight excluding hydrogens is 437 g/mol. The van der Waals surface area contributed by atoms with Gasteiger partial charge in [0.2, 0.25) is 5.43 Å². The van der Waals surface area contributed by atoms with Crippen LogP contribution in [-0.2, 0) is 0 Å². The Labute approximate surface area is 187 Å². The predicted octanol–water partition coefficient (Wildman–Crippen LogP) is 2.86. The summed E-state index contributed by atoms with van der Waals surface area (Å²) in [5, 5.41) is 13.6. The summed E-state index contributed by atoms with van der Waals surface area (Å²) in [6.45, 7) is 5.04. The highest BCUT2D eigenvalue weighted by Gasteiger charge is 2.38. The molecule has 32 heavy (non-hydrogen) atoms. The molecule has 11 heteroatoms. The van der Waals surface area contributed by atoms with Crippen LogP contribution in [-0.4, -0.2) is 46.6 Å². The van der Waals surface area contributed by atoms with Gasteiger partial charge in [0.1, 0.15) is 16.8 Å². The van der Waals surface area contributed by atoms with Gasteiger partial charge in [0.05, 0.1) is 5.39 Å². The second-order valence-corrected chi connectivity index (χ2v) is 9.02. The normalized spacial score (nSPS) is 16.5. The summed E-state index contributed by atoms with van der Waals surface area (Å²) < 4.78 is 22.7. The van der Waals surface area contributed by atoms with Gasteiger partial charge in [-0.2, -0.15) is 0 Å². The quantitative estimate of drug-likeness (QED) is 0.599. The summed E-state index contributed by atoms with van der Waals surface area (Å²) in [5.41, 5.74) is 3.95. The predicted molar refractivity (Wildman–Crippen MR) is 122 cm³/mol. The lowest BCUT2D eigenvalue weighted by molar-refractivity contribution is 0.0682. The van der Waals surface area contributed by atoms with Gasteiger partial charge in [-0.3, -0.25) is 14.5 Å². The minimum Gasteiger partial charge on any atom is -0.477 e. The van der Waals surface area contributed by atoms with E-state index in [9.17, 15) is 14.7 Å². The maximum atomic E-state index is 15.0. The molecule has 0 bridgehead atoms. The molecule has 9 nitrogen and oxygen atoms in total. The van der Waals surface area contributed by atoms with Crippen LogP contribution in [0.2, 0.25) is 0 Å². The molecule has 0 spiro atoms. The second kappa shape index (κ2) is 7.97. The van der Waals surface area contributed by atoms with Gasteiger partial charge in [-0.1, -0.05) is 0 Å². The molecule has 2 aliphatic heterocycles. The average Bonchev–Trinajstić information content (AvgIpc) is 3.41. The van der Waals surface area contributed by atoms with Crippen LogP contribution >= 0.6 is 11.3 Å². The van der Waals surface area contributed by atoms with Crippen molar-refractivity contribution in [3.8, 4) is 5.75 Å². The zero-order valence-electron chi connectivity index (χ0n) is 18.0. The summed E-state index contributed by atoms with van der Waals surface area (Å²) in [6.07, 6.45) is 4.89. The Morgan fingerprint density at radius 3 is 2.56 bits per heavy atom. The van der Waals surface area contributed by atoms with Crippen LogP contribution in [0.4, 0.5) is 15.2 Å². The number of benzene rings is 1. The number of carboxylic acid groups (broad SMARTS) is 1. The number of hydrogen-bond acceptors (Lipinski definition) is 8. The molecule has 5 rings (SSSR count). The first-order chi connectivity index (χ1) is 15.1. The lowest BCUT2D eigenvalue weighted by Crippen LogP contribution is -2.55. The number of nitrogen functional groups attached to an aromatic ring is 1. The zero-order chi connectivity index (χ0) is 23.2. The molecule has 0 atom stereocenters. The number of halogens is 1. The standard InChI is InChI=1S/C18H20FN3O4.C3H4N2S/c1-18(2)20(3)22-9-11(17(24)25)15(23)10-8-12(19)14(16(26-18)13(10)22)21-6-4-5-7-21;4-3-5-1-2-6-3/h8-9H,4-7H2,1-3H3,(H,24,25);1-2H,(H2,4,5). The fourth-order valence-corrected chi connectivity index (χ4v) is 4.31. The van der Waals surface area contributed by atoms with Gasteiger partial charge < -0.3 is 20.5 Å². The van der Waals surface area contributed by atoms with Crippen LogP contribution in [0.1, 0.15) is 37.0 Å². The average molecular weight is 462 g/mol. The van der Waals surface area contributed by atoms with Gasteiger partial charge in [0.15, 0.2) is 22.4 Å². The first kappa shape index (κ1) is 21.9. The summed E-state index contributed by atoms with van der Waals surface area (Å²) in [6, 6.07) is 1.13. The van der Waals surface area contributed by atoms with E-state index in [1.807, 2.05) is 10.3 Å². The van der Waals surface area contributed by atoms with Crippen LogP contribution in [0.3, 0.4) is 0 Å². The summed E-state index contributed by atoms with van der Waals surface area (Å²) >= 11 is 1.44. The number of rotatable bonds is 2. The maximum absolute atomic E-state index is 15.0. The van der Waals surface area contributed by atoms with Crippen LogP contribution < -0.4 is 25.8 Å². The van der Waals surface area contributed by atoms with Gasteiger partial charge in [-0.25, -0.2) is 14.2 Å². The number of aromatic nitrogens is 2. The van der Waals surface area contributed by atoms with E-state index in [-0.39, 0.29) is 5.39 Å². The van der Waals surface area contributed by atoms with Gasteiger partial charge in [-0.05, 0) is 32.8 Å². The van der Waals surface area contributed by atoms with E-state index in [4.69, 9.17) is 10.5 Å². The molecule has 1 saturated heterocycles. The molecule has 4 heterocycles. The van der Waals surface area contributed by atoms with E-state index < -0.39 is 28.5 Å². The van der Waals surface area contributed by atoms with Crippen molar-refractivity contribution < 1.29 is 19.0 Å². The third-order valence-electron chi connectivity index (χ3n) is 5.71. The molecule has 2 aromatic heterocycles. The van der Waals surface area contributed by atoms with Gasteiger partial charge in [0.25, 0.3) is 0 Å². The Balaban J connectivity index is 0.000000354. The van der Waals surface area contributed by atoms with E-state index in [0.29, 0.717) is 35.2 Å². The molecule has 3 aromatic rings. The van der Waals surface area contributed by atoms with Crippen LogP contribution in [0.15, 0.2) is 28.6 Å². The minimum atomic E-state index is -1.34. The highest BCUT2D eigenvalue weighted by atomic mass is 32.1. The highest BCUT2D eigenvalue weighted by Crippen LogP contribution is 2.43. The number of anilines is 2. The lowest BCUT2D eigenvalue weighted by atomic mass is 10.1. The Kier molecular flexibility index (Phi) is 5.45. The number of ether oxygens (including phenoxy) is 1. The van der Waals surface area contributed by atoms with Crippen molar-refractivity contribution in [1.82, 2.24) is 9.66 Å². The van der Waals surface area contributed by atoms with E-state index in [1.165, 1.54) is 17.5 Å². The number of hydrogen-bond donors (Lipinski definition) is 2. The van der Waals surface area contributed by atoms with Crippen LogP contribution in [0.5, 0.6) is 5.75 Å². The molecule has 2 aliphatic rings. The molecule has 0 amide bonds. The number of aromatic carboxylic acids is 1. The van der Waals surface area contributed by atoms with Crippen LogP contribution in [0.25, 0.3) is 10.9 Å². The Morgan fingerprint density at radius 1 is 1.34 bits per heavy atom. The van der Waals surface area contributed by atoms with Gasteiger partial charge >= 0.3 is 5.97 Å². The second-order valence-electron chi connectivity index (χ2n) is 8.09. The van der Waals surface area contributed by atoms with Gasteiger partial charge in [-0.15, -0.1) is 11.3 Å². The number of nitrogens with two attached hydrogens (primary N) is 1. The van der Waals surface area contributed by atoms with E-state index in [1.54, 1.807) is 36.8 Å². The number of carbonyl (C=O) groups is 1.